The Hall–Kier alpha value is -1.40. The van der Waals surface area contributed by atoms with Gasteiger partial charge in [0.15, 0.2) is 5.82 Å². The second kappa shape index (κ2) is 7.40. The quantitative estimate of drug-likeness (QED) is 0.795. The van der Waals surface area contributed by atoms with Crippen molar-refractivity contribution >= 4 is 11.6 Å². The zero-order chi connectivity index (χ0) is 14.4. The Morgan fingerprint density at radius 1 is 1.40 bits per heavy atom. The summed E-state index contributed by atoms with van der Waals surface area (Å²) in [5.74, 6) is 2.86. The van der Waals surface area contributed by atoms with Crippen LogP contribution in [0, 0.1) is 5.92 Å². The number of methoxy groups -OCH3 is 1. The summed E-state index contributed by atoms with van der Waals surface area (Å²) in [6, 6.07) is 1.91. The van der Waals surface area contributed by atoms with Crippen LogP contribution in [0.25, 0.3) is 0 Å². The van der Waals surface area contributed by atoms with E-state index in [9.17, 15) is 0 Å². The Morgan fingerprint density at radius 3 is 2.90 bits per heavy atom. The number of nitrogens with zero attached hydrogens (tertiary/aromatic N) is 2. The molecule has 1 aliphatic rings. The van der Waals surface area contributed by atoms with Crippen LogP contribution < -0.4 is 10.6 Å². The molecule has 2 unspecified atom stereocenters. The molecule has 112 valence electrons. The fraction of sp³-hybridized carbons (Fsp3) is 0.714. The van der Waals surface area contributed by atoms with Crippen LogP contribution in [0.1, 0.15) is 25.6 Å². The van der Waals surface area contributed by atoms with Crippen molar-refractivity contribution in [3.05, 3.63) is 11.9 Å². The summed E-state index contributed by atoms with van der Waals surface area (Å²) in [6.45, 7) is 4.33. The lowest BCUT2D eigenvalue weighted by Gasteiger charge is -2.18. The largest absolute Gasteiger partial charge is 0.378 e. The third kappa shape index (κ3) is 3.80. The van der Waals surface area contributed by atoms with E-state index >= 15 is 0 Å². The second-order valence-electron chi connectivity index (χ2n) is 4.98. The minimum absolute atomic E-state index is 0.367. The zero-order valence-electron chi connectivity index (χ0n) is 12.5. The van der Waals surface area contributed by atoms with E-state index in [1.807, 2.05) is 13.1 Å². The summed E-state index contributed by atoms with van der Waals surface area (Å²) in [5.41, 5.74) is 0. The number of hydrogen-bond donors (Lipinski definition) is 2. The van der Waals surface area contributed by atoms with E-state index in [1.165, 1.54) is 0 Å². The van der Waals surface area contributed by atoms with Gasteiger partial charge in [-0.15, -0.1) is 0 Å². The molecule has 1 aromatic heterocycles. The average Bonchev–Trinajstić information content (AvgIpc) is 2.92. The van der Waals surface area contributed by atoms with Gasteiger partial charge in [-0.2, -0.15) is 0 Å². The van der Waals surface area contributed by atoms with Crippen LogP contribution in [0.5, 0.6) is 0 Å². The van der Waals surface area contributed by atoms with Gasteiger partial charge in [0.05, 0.1) is 6.10 Å². The van der Waals surface area contributed by atoms with Crippen molar-refractivity contribution < 1.29 is 9.47 Å². The van der Waals surface area contributed by atoms with Crippen molar-refractivity contribution in [2.24, 2.45) is 5.92 Å². The van der Waals surface area contributed by atoms with Crippen LogP contribution in [0.4, 0.5) is 11.6 Å². The van der Waals surface area contributed by atoms with Crippen molar-refractivity contribution in [2.75, 3.05) is 37.9 Å². The summed E-state index contributed by atoms with van der Waals surface area (Å²) in [7, 11) is 3.49. The summed E-state index contributed by atoms with van der Waals surface area (Å²) in [4.78, 5) is 8.80. The minimum Gasteiger partial charge on any atom is -0.378 e. The second-order valence-corrected chi connectivity index (χ2v) is 4.98. The van der Waals surface area contributed by atoms with E-state index in [2.05, 4.69) is 27.5 Å². The van der Waals surface area contributed by atoms with Gasteiger partial charge in [0.2, 0.25) is 0 Å². The highest BCUT2D eigenvalue weighted by Crippen LogP contribution is 2.24. The molecule has 1 aliphatic heterocycles. The highest BCUT2D eigenvalue weighted by molar-refractivity contribution is 5.47. The Balaban J connectivity index is 1.99. The molecule has 1 saturated heterocycles. The number of anilines is 2. The van der Waals surface area contributed by atoms with Gasteiger partial charge in [0.1, 0.15) is 18.2 Å². The molecule has 2 N–H and O–H groups in total. The van der Waals surface area contributed by atoms with E-state index < -0.39 is 0 Å². The lowest BCUT2D eigenvalue weighted by atomic mass is 10.00. The van der Waals surface area contributed by atoms with Crippen molar-refractivity contribution in [1.82, 2.24) is 9.97 Å². The van der Waals surface area contributed by atoms with Crippen molar-refractivity contribution in [1.29, 1.82) is 0 Å². The molecule has 1 aromatic rings. The maximum absolute atomic E-state index is 5.71. The molecule has 2 heterocycles. The van der Waals surface area contributed by atoms with Gasteiger partial charge in [0.25, 0.3) is 0 Å². The molecule has 6 nitrogen and oxygen atoms in total. The first-order valence-electron chi connectivity index (χ1n) is 7.17. The maximum Gasteiger partial charge on any atom is 0.158 e. The molecule has 0 bridgehead atoms. The predicted molar refractivity (Wildman–Crippen MR) is 78.9 cm³/mol. The molecule has 0 radical (unpaired) electrons. The Morgan fingerprint density at radius 2 is 2.20 bits per heavy atom. The molecule has 20 heavy (non-hydrogen) atoms. The number of hydrogen-bond acceptors (Lipinski definition) is 6. The van der Waals surface area contributed by atoms with Crippen molar-refractivity contribution in [3.8, 4) is 0 Å². The van der Waals surface area contributed by atoms with Gasteiger partial charge in [-0.1, -0.05) is 6.92 Å². The molecule has 0 amide bonds. The fourth-order valence-electron chi connectivity index (χ4n) is 2.52. The molecule has 0 aliphatic carbocycles. The highest BCUT2D eigenvalue weighted by Gasteiger charge is 2.26. The van der Waals surface area contributed by atoms with E-state index in [0.29, 0.717) is 24.5 Å². The smallest absolute Gasteiger partial charge is 0.158 e. The van der Waals surface area contributed by atoms with Gasteiger partial charge in [-0.25, -0.2) is 9.97 Å². The summed E-state index contributed by atoms with van der Waals surface area (Å²) < 4.78 is 10.8. The Labute approximate surface area is 120 Å². The Kier molecular flexibility index (Phi) is 5.55. The molecule has 0 spiro atoms. The van der Waals surface area contributed by atoms with E-state index in [1.54, 1.807) is 7.11 Å². The van der Waals surface area contributed by atoms with Crippen molar-refractivity contribution in [3.63, 3.8) is 0 Å². The summed E-state index contributed by atoms with van der Waals surface area (Å²) in [6.07, 6.45) is 2.54. The van der Waals surface area contributed by atoms with Crippen LogP contribution >= 0.6 is 0 Å². The number of aromatic nitrogens is 2. The third-order valence-corrected chi connectivity index (χ3v) is 3.60. The van der Waals surface area contributed by atoms with Crippen LogP contribution in [0.2, 0.25) is 0 Å². The molecule has 0 saturated carbocycles. The van der Waals surface area contributed by atoms with E-state index in [-0.39, 0.29) is 0 Å². The van der Waals surface area contributed by atoms with Crippen LogP contribution in [-0.2, 0) is 16.1 Å². The molecular weight excluding hydrogens is 256 g/mol. The lowest BCUT2D eigenvalue weighted by Crippen LogP contribution is -2.23. The number of rotatable bonds is 7. The first-order chi connectivity index (χ1) is 9.76. The van der Waals surface area contributed by atoms with Gasteiger partial charge < -0.3 is 20.1 Å². The SMILES string of the molecule is CCC1OCCC1CNc1cc(NC)nc(COC)n1. The fourth-order valence-corrected chi connectivity index (χ4v) is 2.52. The monoisotopic (exact) mass is 280 g/mol. The normalized spacial score (nSPS) is 21.9. The molecule has 1 fully saturated rings. The predicted octanol–water partition coefficient (Wildman–Crippen LogP) is 1.89. The molecular formula is C14H24N4O2. The first kappa shape index (κ1) is 15.0. The lowest BCUT2D eigenvalue weighted by molar-refractivity contribution is 0.0900. The zero-order valence-corrected chi connectivity index (χ0v) is 12.5. The third-order valence-electron chi connectivity index (χ3n) is 3.60. The first-order valence-corrected chi connectivity index (χ1v) is 7.17. The van der Waals surface area contributed by atoms with Gasteiger partial charge in [0, 0.05) is 39.3 Å². The van der Waals surface area contributed by atoms with Gasteiger partial charge >= 0.3 is 0 Å². The topological polar surface area (TPSA) is 68.3 Å². The number of ether oxygens (including phenoxy) is 2. The van der Waals surface area contributed by atoms with E-state index in [0.717, 1.165) is 37.6 Å². The summed E-state index contributed by atoms with van der Waals surface area (Å²) in [5, 5.41) is 6.44. The Bertz CT molecular complexity index is 428. The van der Waals surface area contributed by atoms with Gasteiger partial charge in [-0.05, 0) is 12.8 Å². The number of nitrogens with one attached hydrogen (secondary N) is 2. The summed E-state index contributed by atoms with van der Waals surface area (Å²) >= 11 is 0. The average molecular weight is 280 g/mol. The van der Waals surface area contributed by atoms with Gasteiger partial charge in [-0.3, -0.25) is 0 Å². The minimum atomic E-state index is 0.367. The highest BCUT2D eigenvalue weighted by atomic mass is 16.5. The van der Waals surface area contributed by atoms with Crippen LogP contribution in [-0.4, -0.2) is 43.4 Å². The molecule has 2 atom stereocenters. The maximum atomic E-state index is 5.71. The van der Waals surface area contributed by atoms with Crippen molar-refractivity contribution in [2.45, 2.75) is 32.5 Å². The molecule has 2 rings (SSSR count). The molecule has 0 aromatic carbocycles. The standard InChI is InChI=1S/C14H24N4O2/c1-4-11-10(5-6-20-11)8-16-13-7-12(15-2)17-14(18-13)9-19-3/h7,10-11H,4-6,8-9H2,1-3H3,(H2,15,16,17,18). The molecule has 6 heteroatoms. The van der Waals surface area contributed by atoms with E-state index in [4.69, 9.17) is 9.47 Å². The van der Waals surface area contributed by atoms with Crippen LogP contribution in [0.15, 0.2) is 6.07 Å². The van der Waals surface area contributed by atoms with Crippen LogP contribution in [0.3, 0.4) is 0 Å².